The first kappa shape index (κ1) is 23.9. The molecule has 0 spiro atoms. The fourth-order valence-corrected chi connectivity index (χ4v) is 3.80. The second-order valence-corrected chi connectivity index (χ2v) is 8.34. The molecule has 6 nitrogen and oxygen atoms in total. The zero-order valence-electron chi connectivity index (χ0n) is 18.6. The van der Waals surface area contributed by atoms with E-state index in [9.17, 15) is 14.7 Å². The normalized spacial score (nSPS) is 11.5. The van der Waals surface area contributed by atoms with Crippen molar-refractivity contribution in [3.8, 4) is 22.6 Å². The smallest absolute Gasteiger partial charge is 0.326 e. The Morgan fingerprint density at radius 3 is 2.31 bits per heavy atom. The highest BCUT2D eigenvalue weighted by Crippen LogP contribution is 2.33. The summed E-state index contributed by atoms with van der Waals surface area (Å²) in [6, 6.07) is 28.0. The van der Waals surface area contributed by atoms with E-state index >= 15 is 0 Å². The molecule has 35 heavy (non-hydrogen) atoms. The molecule has 1 amide bonds. The minimum absolute atomic E-state index is 0.101. The molecule has 4 N–H and O–H groups in total. The fraction of sp³-hybridized carbons (Fsp3) is 0.0714. The predicted molar refractivity (Wildman–Crippen MR) is 137 cm³/mol. The van der Waals surface area contributed by atoms with Crippen molar-refractivity contribution in [2.45, 2.75) is 12.5 Å². The number of amides is 1. The van der Waals surface area contributed by atoms with Gasteiger partial charge in [0.05, 0.1) is 5.56 Å². The van der Waals surface area contributed by atoms with Crippen molar-refractivity contribution in [3.05, 3.63) is 113 Å². The number of carboxylic acid groups (broad SMARTS) is 1. The number of nitrogen functional groups attached to an aromatic ring is 1. The number of aliphatic carboxylic acids is 1. The Balaban J connectivity index is 1.50. The van der Waals surface area contributed by atoms with E-state index in [1.807, 2.05) is 78.9 Å². The molecule has 0 radical (unpaired) electrons. The van der Waals surface area contributed by atoms with Crippen molar-refractivity contribution in [1.29, 1.82) is 0 Å². The number of para-hydroxylation sites is 2. The number of hydrogen-bond donors (Lipinski definition) is 3. The molecule has 0 heterocycles. The van der Waals surface area contributed by atoms with Crippen molar-refractivity contribution >= 4 is 29.2 Å². The average Bonchev–Trinajstić information content (AvgIpc) is 2.86. The van der Waals surface area contributed by atoms with Gasteiger partial charge in [0.2, 0.25) is 0 Å². The number of nitrogens with one attached hydrogen (secondary N) is 1. The Morgan fingerprint density at radius 2 is 1.60 bits per heavy atom. The molecule has 4 aromatic carbocycles. The van der Waals surface area contributed by atoms with E-state index in [0.717, 1.165) is 22.4 Å². The summed E-state index contributed by atoms with van der Waals surface area (Å²) in [4.78, 5) is 24.5. The van der Waals surface area contributed by atoms with Gasteiger partial charge in [-0.25, -0.2) is 4.79 Å². The lowest BCUT2D eigenvalue weighted by atomic mass is 9.99. The van der Waals surface area contributed by atoms with Crippen molar-refractivity contribution in [2.24, 2.45) is 0 Å². The number of nitrogens with two attached hydrogens (primary N) is 1. The highest BCUT2D eigenvalue weighted by molar-refractivity contribution is 6.31. The number of ether oxygens (including phenoxy) is 1. The lowest BCUT2D eigenvalue weighted by Crippen LogP contribution is -2.42. The number of carbonyl (C=O) groups is 2. The molecule has 4 aromatic rings. The van der Waals surface area contributed by atoms with Gasteiger partial charge in [0.25, 0.3) is 5.91 Å². The number of anilines is 1. The molecule has 0 aliphatic rings. The van der Waals surface area contributed by atoms with Crippen LogP contribution in [0, 0.1) is 0 Å². The predicted octanol–water partition coefficient (Wildman–Crippen LogP) is 5.81. The molecule has 0 saturated heterocycles. The van der Waals surface area contributed by atoms with Crippen LogP contribution in [0.2, 0.25) is 5.02 Å². The van der Waals surface area contributed by atoms with Crippen molar-refractivity contribution in [3.63, 3.8) is 0 Å². The molecule has 0 aromatic heterocycles. The highest BCUT2D eigenvalue weighted by Gasteiger charge is 2.22. The molecule has 176 valence electrons. The summed E-state index contributed by atoms with van der Waals surface area (Å²) in [6.07, 6.45) is 0.101. The van der Waals surface area contributed by atoms with Crippen LogP contribution in [0.4, 0.5) is 5.69 Å². The standard InChI is InChI=1S/C28H23ClN2O4/c29-20-14-15-24(30)23(17-20)27(32)31-25(28(33)34)16-18-10-12-19(13-11-18)22-8-4-5-9-26(22)35-21-6-2-1-3-7-21/h1-15,17,25H,16,30H2,(H,31,32)(H,33,34)/t25-/m0/s1. The minimum Gasteiger partial charge on any atom is -0.480 e. The Hall–Kier alpha value is -4.29. The van der Waals surface area contributed by atoms with Gasteiger partial charge in [0.1, 0.15) is 17.5 Å². The molecule has 1 atom stereocenters. The van der Waals surface area contributed by atoms with Crippen LogP contribution in [0.25, 0.3) is 11.1 Å². The summed E-state index contributed by atoms with van der Waals surface area (Å²) in [5, 5.41) is 12.5. The SMILES string of the molecule is Nc1ccc(Cl)cc1C(=O)N[C@@H](Cc1ccc(-c2ccccc2Oc2ccccc2)cc1)C(=O)O. The monoisotopic (exact) mass is 486 g/mol. The van der Waals surface area contributed by atoms with E-state index in [-0.39, 0.29) is 17.7 Å². The minimum atomic E-state index is -1.15. The maximum absolute atomic E-state index is 12.6. The quantitative estimate of drug-likeness (QED) is 0.273. The summed E-state index contributed by atoms with van der Waals surface area (Å²) in [5.41, 5.74) is 8.78. The first-order valence-electron chi connectivity index (χ1n) is 10.9. The van der Waals surface area contributed by atoms with Crippen molar-refractivity contribution < 1.29 is 19.4 Å². The molecule has 0 aliphatic carbocycles. The molecular weight excluding hydrogens is 464 g/mol. The molecule has 0 fully saturated rings. The first-order chi connectivity index (χ1) is 16.9. The zero-order chi connectivity index (χ0) is 24.8. The fourth-order valence-electron chi connectivity index (χ4n) is 3.63. The topological polar surface area (TPSA) is 102 Å². The van der Waals surface area contributed by atoms with Gasteiger partial charge in [-0.05, 0) is 47.5 Å². The van der Waals surface area contributed by atoms with Gasteiger partial charge in [-0.3, -0.25) is 4.79 Å². The van der Waals surface area contributed by atoms with Crippen LogP contribution in [0.1, 0.15) is 15.9 Å². The Labute approximate surface area is 207 Å². The molecule has 0 saturated carbocycles. The van der Waals surface area contributed by atoms with Crippen LogP contribution in [0.15, 0.2) is 97.1 Å². The van der Waals surface area contributed by atoms with Gasteiger partial charge in [-0.15, -0.1) is 0 Å². The zero-order valence-corrected chi connectivity index (χ0v) is 19.4. The third kappa shape index (κ3) is 5.99. The summed E-state index contributed by atoms with van der Waals surface area (Å²) in [7, 11) is 0. The third-order valence-electron chi connectivity index (χ3n) is 5.43. The molecular formula is C28H23ClN2O4. The van der Waals surface area contributed by atoms with Gasteiger partial charge in [-0.1, -0.05) is 72.3 Å². The summed E-state index contributed by atoms with van der Waals surface area (Å²) >= 11 is 5.95. The Bertz CT molecular complexity index is 1340. The van der Waals surface area contributed by atoms with E-state index in [4.69, 9.17) is 22.1 Å². The van der Waals surface area contributed by atoms with E-state index < -0.39 is 17.9 Å². The maximum Gasteiger partial charge on any atom is 0.326 e. The number of carbonyl (C=O) groups excluding carboxylic acids is 1. The first-order valence-corrected chi connectivity index (χ1v) is 11.3. The van der Waals surface area contributed by atoms with Gasteiger partial charge in [0, 0.05) is 22.7 Å². The van der Waals surface area contributed by atoms with Crippen molar-refractivity contribution in [1.82, 2.24) is 5.32 Å². The van der Waals surface area contributed by atoms with E-state index in [0.29, 0.717) is 10.8 Å². The van der Waals surface area contributed by atoms with Crippen LogP contribution in [-0.2, 0) is 11.2 Å². The molecule has 4 rings (SSSR count). The number of hydrogen-bond acceptors (Lipinski definition) is 4. The van der Waals surface area contributed by atoms with Gasteiger partial charge in [-0.2, -0.15) is 0 Å². The number of rotatable bonds is 8. The summed E-state index contributed by atoms with van der Waals surface area (Å²) in [5.74, 6) is -0.302. The van der Waals surface area contributed by atoms with Crippen LogP contribution in [-0.4, -0.2) is 23.0 Å². The highest BCUT2D eigenvalue weighted by atomic mass is 35.5. The largest absolute Gasteiger partial charge is 0.480 e. The van der Waals surface area contributed by atoms with Crippen LogP contribution in [0.5, 0.6) is 11.5 Å². The molecule has 0 bridgehead atoms. The number of benzene rings is 4. The second kappa shape index (κ2) is 10.8. The summed E-state index contributed by atoms with van der Waals surface area (Å²) < 4.78 is 6.05. The van der Waals surface area contributed by atoms with E-state index in [1.54, 1.807) is 6.07 Å². The number of halogens is 1. The third-order valence-corrected chi connectivity index (χ3v) is 5.66. The Kier molecular flexibility index (Phi) is 7.33. The molecule has 7 heteroatoms. The van der Waals surface area contributed by atoms with Gasteiger partial charge in [0.15, 0.2) is 0 Å². The molecule has 0 aliphatic heterocycles. The maximum atomic E-state index is 12.6. The van der Waals surface area contributed by atoms with Crippen LogP contribution in [0.3, 0.4) is 0 Å². The van der Waals surface area contributed by atoms with E-state index in [1.165, 1.54) is 12.1 Å². The van der Waals surface area contributed by atoms with Gasteiger partial charge < -0.3 is 20.9 Å². The summed E-state index contributed by atoms with van der Waals surface area (Å²) in [6.45, 7) is 0. The van der Waals surface area contributed by atoms with E-state index in [2.05, 4.69) is 5.32 Å². The lowest BCUT2D eigenvalue weighted by molar-refractivity contribution is -0.139. The number of carboxylic acids is 1. The van der Waals surface area contributed by atoms with Crippen LogP contribution < -0.4 is 15.8 Å². The average molecular weight is 487 g/mol. The van der Waals surface area contributed by atoms with Crippen LogP contribution >= 0.6 is 11.6 Å². The van der Waals surface area contributed by atoms with Gasteiger partial charge >= 0.3 is 5.97 Å². The second-order valence-electron chi connectivity index (χ2n) is 7.91. The van der Waals surface area contributed by atoms with Crippen molar-refractivity contribution in [2.75, 3.05) is 5.73 Å². The Morgan fingerprint density at radius 1 is 0.914 bits per heavy atom. The lowest BCUT2D eigenvalue weighted by Gasteiger charge is -2.16. The molecule has 0 unspecified atom stereocenters.